The number of carbonyl (C=O) groups is 1. The summed E-state index contributed by atoms with van der Waals surface area (Å²) in [6.45, 7) is 7.57. The number of aryl methyl sites for hydroxylation is 1. The fourth-order valence-corrected chi connectivity index (χ4v) is 3.95. The van der Waals surface area contributed by atoms with Crippen LogP contribution in [0.25, 0.3) is 0 Å². The van der Waals surface area contributed by atoms with E-state index in [0.29, 0.717) is 31.9 Å². The molecule has 0 bridgehead atoms. The molecule has 0 unspecified atom stereocenters. The molecule has 8 nitrogen and oxygen atoms in total. The molecule has 2 aromatic heterocycles. The molecule has 0 aliphatic carbocycles. The van der Waals surface area contributed by atoms with E-state index in [9.17, 15) is 9.18 Å². The Morgan fingerprint density at radius 2 is 1.93 bits per heavy atom. The summed E-state index contributed by atoms with van der Waals surface area (Å²) in [5.74, 6) is -0.328. The molecule has 0 spiro atoms. The minimum Gasteiger partial charge on any atom is -0.335 e. The second kappa shape index (κ2) is 8.34. The molecule has 0 saturated carbocycles. The fourth-order valence-electron chi connectivity index (χ4n) is 3.40. The number of hydrogen-bond acceptors (Lipinski definition) is 7. The van der Waals surface area contributed by atoms with Crippen LogP contribution in [0.1, 0.15) is 33.1 Å². The van der Waals surface area contributed by atoms with Crippen LogP contribution >= 0.6 is 11.7 Å². The van der Waals surface area contributed by atoms with Crippen molar-refractivity contribution >= 4 is 17.6 Å². The summed E-state index contributed by atoms with van der Waals surface area (Å²) in [5.41, 5.74) is 3.75. The highest BCUT2D eigenvalue weighted by Crippen LogP contribution is 2.15. The van der Waals surface area contributed by atoms with Crippen molar-refractivity contribution < 1.29 is 9.18 Å². The summed E-state index contributed by atoms with van der Waals surface area (Å²) >= 11 is 1.17. The number of piperazine rings is 1. The zero-order valence-electron chi connectivity index (χ0n) is 16.4. The van der Waals surface area contributed by atoms with Gasteiger partial charge >= 0.3 is 0 Å². The lowest BCUT2D eigenvalue weighted by molar-refractivity contribution is 0.0622. The van der Waals surface area contributed by atoms with Gasteiger partial charge in [0.15, 0.2) is 5.69 Å². The van der Waals surface area contributed by atoms with E-state index >= 15 is 0 Å². The molecule has 1 saturated heterocycles. The molecule has 3 heterocycles. The van der Waals surface area contributed by atoms with Gasteiger partial charge in [-0.2, -0.15) is 8.75 Å². The van der Waals surface area contributed by atoms with Gasteiger partial charge in [-0.05, 0) is 31.5 Å². The molecule has 1 aromatic carbocycles. The smallest absolute Gasteiger partial charge is 0.276 e. The number of rotatable bonds is 5. The first-order valence-electron chi connectivity index (χ1n) is 9.45. The van der Waals surface area contributed by atoms with Gasteiger partial charge in [0.2, 0.25) is 0 Å². The highest BCUT2D eigenvalue weighted by Gasteiger charge is 2.26. The molecule has 1 aliphatic rings. The van der Waals surface area contributed by atoms with E-state index in [1.165, 1.54) is 17.8 Å². The van der Waals surface area contributed by atoms with Crippen LogP contribution in [0.2, 0.25) is 0 Å². The normalized spacial score (nSPS) is 15.1. The summed E-state index contributed by atoms with van der Waals surface area (Å²) < 4.78 is 23.5. The zero-order valence-corrected chi connectivity index (χ0v) is 17.2. The van der Waals surface area contributed by atoms with Crippen molar-refractivity contribution in [3.8, 4) is 0 Å². The lowest BCUT2D eigenvalue weighted by atomic mass is 10.2. The van der Waals surface area contributed by atoms with Crippen LogP contribution in [0.4, 0.5) is 4.39 Å². The van der Waals surface area contributed by atoms with Crippen molar-refractivity contribution in [3.63, 3.8) is 0 Å². The van der Waals surface area contributed by atoms with E-state index in [1.807, 2.05) is 19.9 Å². The van der Waals surface area contributed by atoms with E-state index in [2.05, 4.69) is 24.0 Å². The Morgan fingerprint density at radius 1 is 1.14 bits per heavy atom. The van der Waals surface area contributed by atoms with E-state index in [-0.39, 0.29) is 11.7 Å². The predicted octanol–water partition coefficient (Wildman–Crippen LogP) is 1.89. The Hall–Kier alpha value is -2.72. The van der Waals surface area contributed by atoms with Gasteiger partial charge < -0.3 is 4.90 Å². The number of benzene rings is 1. The lowest BCUT2D eigenvalue weighted by Gasteiger charge is -2.34. The van der Waals surface area contributed by atoms with Crippen LogP contribution in [-0.4, -0.2) is 65.6 Å². The van der Waals surface area contributed by atoms with Crippen LogP contribution in [0.15, 0.2) is 24.3 Å². The maximum absolute atomic E-state index is 13.4. The molecule has 152 valence electrons. The first kappa shape index (κ1) is 19.6. The summed E-state index contributed by atoms with van der Waals surface area (Å²) in [4.78, 5) is 17.0. The SMILES string of the molecule is Cc1nsnc1Cn1nnc(C(=O)N2CCN(Cc3cccc(F)c3)CC2)c1C. The van der Waals surface area contributed by atoms with Gasteiger partial charge in [-0.15, -0.1) is 5.10 Å². The molecule has 1 aliphatic heterocycles. The van der Waals surface area contributed by atoms with Gasteiger partial charge in [0.05, 0.1) is 35.4 Å². The molecule has 3 aromatic rings. The predicted molar refractivity (Wildman–Crippen MR) is 106 cm³/mol. The Morgan fingerprint density at radius 3 is 2.62 bits per heavy atom. The standard InChI is InChI=1S/C19H22FN7OS/c1-13-17(23-29-22-13)12-27-14(2)18(21-24-27)19(28)26-8-6-25(7-9-26)11-15-4-3-5-16(20)10-15/h3-5,10H,6-9,11-12H2,1-2H3. The highest BCUT2D eigenvalue weighted by molar-refractivity contribution is 6.99. The van der Waals surface area contributed by atoms with Gasteiger partial charge in [0.1, 0.15) is 5.82 Å². The third-order valence-corrected chi connectivity index (χ3v) is 5.84. The molecule has 4 rings (SSSR count). The molecular formula is C19H22FN7OS. The van der Waals surface area contributed by atoms with Gasteiger partial charge in [-0.1, -0.05) is 17.3 Å². The first-order valence-corrected chi connectivity index (χ1v) is 10.2. The van der Waals surface area contributed by atoms with E-state index in [1.54, 1.807) is 21.7 Å². The molecule has 0 atom stereocenters. The highest BCUT2D eigenvalue weighted by atomic mass is 32.1. The minimum absolute atomic E-state index is 0.104. The molecule has 10 heteroatoms. The van der Waals surface area contributed by atoms with Crippen molar-refractivity contribution in [2.75, 3.05) is 26.2 Å². The molecule has 1 fully saturated rings. The summed E-state index contributed by atoms with van der Waals surface area (Å²) in [6.07, 6.45) is 0. The number of aromatic nitrogens is 5. The largest absolute Gasteiger partial charge is 0.335 e. The monoisotopic (exact) mass is 415 g/mol. The average Bonchev–Trinajstić information content (AvgIpc) is 3.28. The Labute approximate surface area is 172 Å². The number of carbonyl (C=O) groups excluding carboxylic acids is 1. The van der Waals surface area contributed by atoms with Gasteiger partial charge in [-0.25, -0.2) is 9.07 Å². The second-order valence-corrected chi connectivity index (χ2v) is 7.70. The summed E-state index contributed by atoms with van der Waals surface area (Å²) in [5, 5.41) is 8.26. The van der Waals surface area contributed by atoms with Crippen molar-refractivity contribution in [3.05, 3.63) is 58.4 Å². The van der Waals surface area contributed by atoms with Crippen LogP contribution in [0.3, 0.4) is 0 Å². The summed E-state index contributed by atoms with van der Waals surface area (Å²) in [7, 11) is 0. The quantitative estimate of drug-likeness (QED) is 0.633. The molecular weight excluding hydrogens is 393 g/mol. The summed E-state index contributed by atoms with van der Waals surface area (Å²) in [6, 6.07) is 6.64. The number of amides is 1. The third kappa shape index (κ3) is 4.33. The third-order valence-electron chi connectivity index (χ3n) is 5.19. The first-order chi connectivity index (χ1) is 14.0. The van der Waals surface area contributed by atoms with Gasteiger partial charge in [-0.3, -0.25) is 9.69 Å². The Balaban J connectivity index is 1.37. The molecule has 29 heavy (non-hydrogen) atoms. The molecule has 0 radical (unpaired) electrons. The zero-order chi connectivity index (χ0) is 20.4. The topological polar surface area (TPSA) is 80.0 Å². The van der Waals surface area contributed by atoms with Crippen molar-refractivity contribution in [2.24, 2.45) is 0 Å². The number of halogens is 1. The average molecular weight is 415 g/mol. The Bertz CT molecular complexity index is 1010. The van der Waals surface area contributed by atoms with Crippen LogP contribution in [0, 0.1) is 19.7 Å². The second-order valence-electron chi connectivity index (χ2n) is 7.18. The van der Waals surface area contributed by atoms with E-state index in [4.69, 9.17) is 0 Å². The van der Waals surface area contributed by atoms with E-state index < -0.39 is 0 Å². The van der Waals surface area contributed by atoms with Crippen LogP contribution < -0.4 is 0 Å². The van der Waals surface area contributed by atoms with Crippen molar-refractivity contribution in [2.45, 2.75) is 26.9 Å². The van der Waals surface area contributed by atoms with Gasteiger partial charge in [0.25, 0.3) is 5.91 Å². The Kier molecular flexibility index (Phi) is 5.63. The number of hydrogen-bond donors (Lipinski definition) is 0. The molecule has 1 amide bonds. The van der Waals surface area contributed by atoms with Crippen LogP contribution in [0.5, 0.6) is 0 Å². The maximum atomic E-state index is 13.4. The maximum Gasteiger partial charge on any atom is 0.276 e. The van der Waals surface area contributed by atoms with Crippen molar-refractivity contribution in [1.29, 1.82) is 0 Å². The molecule has 0 N–H and O–H groups in total. The lowest BCUT2D eigenvalue weighted by Crippen LogP contribution is -2.48. The fraction of sp³-hybridized carbons (Fsp3) is 0.421. The van der Waals surface area contributed by atoms with E-state index in [0.717, 1.165) is 35.7 Å². The van der Waals surface area contributed by atoms with Crippen molar-refractivity contribution in [1.82, 2.24) is 33.5 Å². The van der Waals surface area contributed by atoms with Gasteiger partial charge in [0, 0.05) is 32.7 Å². The number of nitrogens with zero attached hydrogens (tertiary/aromatic N) is 7. The minimum atomic E-state index is -0.224. The van der Waals surface area contributed by atoms with Crippen LogP contribution in [-0.2, 0) is 13.1 Å².